The summed E-state index contributed by atoms with van der Waals surface area (Å²) in [6, 6.07) is 0.567. The molecule has 1 fully saturated rings. The number of rotatable bonds is 3. The van der Waals surface area contributed by atoms with Crippen molar-refractivity contribution >= 4 is 5.95 Å². The second kappa shape index (κ2) is 5.96. The highest BCUT2D eigenvalue weighted by Gasteiger charge is 2.18. The standard InChI is InChI=1S/C13H21N3O/c1-16(12-6-4-2-3-5-7-12)13-14-8-11(10-17)9-15-13/h8-9,12,17H,2-7,10H2,1H3. The highest BCUT2D eigenvalue weighted by molar-refractivity contribution is 5.30. The van der Waals surface area contributed by atoms with Gasteiger partial charge in [-0.15, -0.1) is 0 Å². The zero-order chi connectivity index (χ0) is 12.1. The Labute approximate surface area is 103 Å². The lowest BCUT2D eigenvalue weighted by molar-refractivity contribution is 0.281. The van der Waals surface area contributed by atoms with Crippen molar-refractivity contribution in [2.45, 2.75) is 51.2 Å². The van der Waals surface area contributed by atoms with Crippen LogP contribution >= 0.6 is 0 Å². The first-order valence-corrected chi connectivity index (χ1v) is 6.46. The van der Waals surface area contributed by atoms with Gasteiger partial charge in [0.25, 0.3) is 0 Å². The lowest BCUT2D eigenvalue weighted by Crippen LogP contribution is -2.32. The van der Waals surface area contributed by atoms with Gasteiger partial charge in [-0.05, 0) is 12.8 Å². The van der Waals surface area contributed by atoms with Gasteiger partial charge in [0.05, 0.1) is 6.61 Å². The van der Waals surface area contributed by atoms with Gasteiger partial charge in [0.15, 0.2) is 0 Å². The summed E-state index contributed by atoms with van der Waals surface area (Å²) >= 11 is 0. The fraction of sp³-hybridized carbons (Fsp3) is 0.692. The Kier molecular flexibility index (Phi) is 4.31. The van der Waals surface area contributed by atoms with E-state index in [9.17, 15) is 0 Å². The number of nitrogens with zero attached hydrogens (tertiary/aromatic N) is 3. The van der Waals surface area contributed by atoms with Gasteiger partial charge in [-0.2, -0.15) is 0 Å². The van der Waals surface area contributed by atoms with Crippen LogP contribution in [0, 0.1) is 0 Å². The van der Waals surface area contributed by atoms with Crippen LogP contribution in [0.15, 0.2) is 12.4 Å². The van der Waals surface area contributed by atoms with Crippen LogP contribution in [0.4, 0.5) is 5.95 Å². The summed E-state index contributed by atoms with van der Waals surface area (Å²) in [4.78, 5) is 10.8. The van der Waals surface area contributed by atoms with E-state index in [1.54, 1.807) is 12.4 Å². The molecule has 1 heterocycles. The van der Waals surface area contributed by atoms with Crippen LogP contribution in [-0.2, 0) is 6.61 Å². The first-order valence-electron chi connectivity index (χ1n) is 6.46. The molecule has 1 saturated carbocycles. The quantitative estimate of drug-likeness (QED) is 0.815. The predicted molar refractivity (Wildman–Crippen MR) is 67.8 cm³/mol. The van der Waals surface area contributed by atoms with E-state index in [1.165, 1.54) is 38.5 Å². The van der Waals surface area contributed by atoms with Crippen LogP contribution in [0.2, 0.25) is 0 Å². The number of hydrogen-bond acceptors (Lipinski definition) is 4. The fourth-order valence-electron chi connectivity index (χ4n) is 2.42. The largest absolute Gasteiger partial charge is 0.392 e. The third kappa shape index (κ3) is 3.16. The normalized spacial score (nSPS) is 17.8. The Morgan fingerprint density at radius 2 is 1.76 bits per heavy atom. The molecule has 0 bridgehead atoms. The van der Waals surface area contributed by atoms with Crippen molar-refractivity contribution in [3.05, 3.63) is 18.0 Å². The highest BCUT2D eigenvalue weighted by atomic mass is 16.3. The third-order valence-corrected chi connectivity index (χ3v) is 3.56. The average molecular weight is 235 g/mol. The van der Waals surface area contributed by atoms with E-state index in [-0.39, 0.29) is 6.61 Å². The summed E-state index contributed by atoms with van der Waals surface area (Å²) in [6.45, 7) is 0.00736. The summed E-state index contributed by atoms with van der Waals surface area (Å²) in [5.74, 6) is 0.772. The van der Waals surface area contributed by atoms with E-state index in [4.69, 9.17) is 5.11 Å². The predicted octanol–water partition coefficient (Wildman–Crippen LogP) is 2.13. The molecule has 17 heavy (non-hydrogen) atoms. The number of anilines is 1. The van der Waals surface area contributed by atoms with Gasteiger partial charge in [-0.25, -0.2) is 9.97 Å². The van der Waals surface area contributed by atoms with E-state index < -0.39 is 0 Å². The summed E-state index contributed by atoms with van der Waals surface area (Å²) in [5.41, 5.74) is 0.767. The van der Waals surface area contributed by atoms with E-state index in [1.807, 2.05) is 0 Å². The van der Waals surface area contributed by atoms with E-state index in [2.05, 4.69) is 21.9 Å². The van der Waals surface area contributed by atoms with Crippen molar-refractivity contribution in [2.24, 2.45) is 0 Å². The number of aliphatic hydroxyl groups excluding tert-OH is 1. The Morgan fingerprint density at radius 1 is 1.18 bits per heavy atom. The molecule has 1 aliphatic rings. The Morgan fingerprint density at radius 3 is 2.29 bits per heavy atom. The number of aliphatic hydroxyl groups is 1. The van der Waals surface area contributed by atoms with Gasteiger partial charge >= 0.3 is 0 Å². The molecule has 4 heteroatoms. The maximum Gasteiger partial charge on any atom is 0.225 e. The molecule has 0 aromatic carbocycles. The monoisotopic (exact) mass is 235 g/mol. The van der Waals surface area contributed by atoms with Gasteiger partial charge in [-0.1, -0.05) is 25.7 Å². The van der Waals surface area contributed by atoms with Crippen LogP contribution < -0.4 is 4.90 Å². The van der Waals surface area contributed by atoms with Gasteiger partial charge in [0, 0.05) is 31.0 Å². The first-order chi connectivity index (χ1) is 8.31. The van der Waals surface area contributed by atoms with Gasteiger partial charge in [0.2, 0.25) is 5.95 Å². The minimum Gasteiger partial charge on any atom is -0.392 e. The maximum absolute atomic E-state index is 8.96. The van der Waals surface area contributed by atoms with Crippen molar-refractivity contribution in [1.82, 2.24) is 9.97 Å². The number of aromatic nitrogens is 2. The van der Waals surface area contributed by atoms with E-state index >= 15 is 0 Å². The van der Waals surface area contributed by atoms with Crippen molar-refractivity contribution in [2.75, 3.05) is 11.9 Å². The van der Waals surface area contributed by atoms with Crippen LogP contribution in [0.5, 0.6) is 0 Å². The topological polar surface area (TPSA) is 49.2 Å². The second-order valence-corrected chi connectivity index (χ2v) is 4.81. The molecule has 1 aliphatic carbocycles. The van der Waals surface area contributed by atoms with Crippen molar-refractivity contribution < 1.29 is 5.11 Å². The Bertz CT molecular complexity index is 331. The molecule has 2 rings (SSSR count). The van der Waals surface area contributed by atoms with Gasteiger partial charge < -0.3 is 10.0 Å². The lowest BCUT2D eigenvalue weighted by atomic mass is 10.1. The molecular weight excluding hydrogens is 214 g/mol. The maximum atomic E-state index is 8.96. The molecule has 0 saturated heterocycles. The smallest absolute Gasteiger partial charge is 0.225 e. The minimum absolute atomic E-state index is 0.00736. The SMILES string of the molecule is CN(c1ncc(CO)cn1)C1CCCCCC1. The summed E-state index contributed by atoms with van der Waals surface area (Å²) in [5, 5.41) is 8.96. The molecule has 0 unspecified atom stereocenters. The van der Waals surface area contributed by atoms with Crippen LogP contribution in [0.1, 0.15) is 44.1 Å². The third-order valence-electron chi connectivity index (χ3n) is 3.56. The fourth-order valence-corrected chi connectivity index (χ4v) is 2.42. The van der Waals surface area contributed by atoms with E-state index in [0.717, 1.165) is 11.5 Å². The molecule has 0 atom stereocenters. The highest BCUT2D eigenvalue weighted by Crippen LogP contribution is 2.23. The Hall–Kier alpha value is -1.16. The van der Waals surface area contributed by atoms with Crippen molar-refractivity contribution in [3.63, 3.8) is 0 Å². The van der Waals surface area contributed by atoms with Crippen LogP contribution in [0.25, 0.3) is 0 Å². The van der Waals surface area contributed by atoms with Crippen LogP contribution in [-0.4, -0.2) is 28.2 Å². The second-order valence-electron chi connectivity index (χ2n) is 4.81. The summed E-state index contributed by atoms with van der Waals surface area (Å²) < 4.78 is 0. The first kappa shape index (κ1) is 12.3. The summed E-state index contributed by atoms with van der Waals surface area (Å²) in [6.07, 6.45) is 11.2. The molecule has 1 aromatic rings. The average Bonchev–Trinajstić information content (AvgIpc) is 2.67. The lowest BCUT2D eigenvalue weighted by Gasteiger charge is -2.27. The van der Waals surface area contributed by atoms with Gasteiger partial charge in [0.1, 0.15) is 0 Å². The molecule has 0 amide bonds. The minimum atomic E-state index is 0.00736. The van der Waals surface area contributed by atoms with Crippen molar-refractivity contribution in [3.8, 4) is 0 Å². The van der Waals surface area contributed by atoms with Gasteiger partial charge in [-0.3, -0.25) is 0 Å². The summed E-state index contributed by atoms with van der Waals surface area (Å²) in [7, 11) is 2.07. The molecule has 94 valence electrons. The number of hydrogen-bond donors (Lipinski definition) is 1. The molecule has 0 radical (unpaired) electrons. The zero-order valence-electron chi connectivity index (χ0n) is 10.5. The molecule has 1 N–H and O–H groups in total. The Balaban J connectivity index is 2.03. The molecule has 0 spiro atoms. The van der Waals surface area contributed by atoms with E-state index in [0.29, 0.717) is 6.04 Å². The zero-order valence-corrected chi connectivity index (χ0v) is 10.5. The molecule has 1 aromatic heterocycles. The molecule has 0 aliphatic heterocycles. The molecule has 4 nitrogen and oxygen atoms in total. The van der Waals surface area contributed by atoms with Crippen molar-refractivity contribution in [1.29, 1.82) is 0 Å². The molecular formula is C13H21N3O. The van der Waals surface area contributed by atoms with Crippen LogP contribution in [0.3, 0.4) is 0 Å².